The van der Waals surface area contributed by atoms with Gasteiger partial charge in [-0.1, -0.05) is 0 Å². The molecule has 14 heavy (non-hydrogen) atoms. The average Bonchev–Trinajstić information content (AvgIpc) is 2.61. The van der Waals surface area contributed by atoms with E-state index in [2.05, 4.69) is 21.8 Å². The molecule has 0 bridgehead atoms. The van der Waals surface area contributed by atoms with Gasteiger partial charge in [-0.3, -0.25) is 4.21 Å². The third-order valence-electron chi connectivity index (χ3n) is 2.19. The number of nitrogens with one attached hydrogen (secondary N) is 1. The summed E-state index contributed by atoms with van der Waals surface area (Å²) in [4.78, 5) is 4.16. The van der Waals surface area contributed by atoms with Gasteiger partial charge in [-0.25, -0.2) is 4.98 Å². The van der Waals surface area contributed by atoms with Gasteiger partial charge in [-0.2, -0.15) is 0 Å². The molecule has 0 amide bonds. The molecule has 0 aliphatic heterocycles. The van der Waals surface area contributed by atoms with E-state index < -0.39 is 10.8 Å². The van der Waals surface area contributed by atoms with Crippen molar-refractivity contribution >= 4 is 16.7 Å². The number of hydrogen-bond acceptors (Lipinski definition) is 3. The molecular weight excluding hydrogens is 198 g/mol. The smallest absolute Gasteiger partial charge is 0.202 e. The van der Waals surface area contributed by atoms with Crippen LogP contribution in [0.1, 0.15) is 19.4 Å². The highest BCUT2D eigenvalue weighted by Gasteiger charge is 2.08. The van der Waals surface area contributed by atoms with Crippen molar-refractivity contribution in [1.82, 2.24) is 9.55 Å². The Morgan fingerprint density at radius 3 is 3.00 bits per heavy atom. The molecule has 0 aliphatic rings. The van der Waals surface area contributed by atoms with Gasteiger partial charge in [-0.05, 0) is 13.3 Å². The highest BCUT2D eigenvalue weighted by Crippen LogP contribution is 2.16. The fourth-order valence-corrected chi connectivity index (χ4v) is 2.01. The Kier molecular flexibility index (Phi) is 4.13. The lowest BCUT2D eigenvalue weighted by Crippen LogP contribution is -2.10. The Morgan fingerprint density at radius 1 is 1.71 bits per heavy atom. The van der Waals surface area contributed by atoms with E-state index in [9.17, 15) is 4.21 Å². The number of hydrogen-bond donors (Lipinski definition) is 1. The molecule has 0 radical (unpaired) electrons. The van der Waals surface area contributed by atoms with Crippen LogP contribution < -0.4 is 5.32 Å². The molecule has 0 saturated heterocycles. The van der Waals surface area contributed by atoms with Crippen LogP contribution in [0, 0.1) is 0 Å². The van der Waals surface area contributed by atoms with Gasteiger partial charge in [-0.15, -0.1) is 0 Å². The summed E-state index contributed by atoms with van der Waals surface area (Å²) < 4.78 is 13.0. The maximum atomic E-state index is 10.9. The SMILES string of the molecule is CNc1nccn1C(C)CCS(C)=O. The quantitative estimate of drug-likeness (QED) is 0.804. The van der Waals surface area contributed by atoms with Gasteiger partial charge in [0.1, 0.15) is 0 Å². The van der Waals surface area contributed by atoms with Gasteiger partial charge >= 0.3 is 0 Å². The molecule has 1 aromatic heterocycles. The Bertz CT molecular complexity index is 311. The summed E-state index contributed by atoms with van der Waals surface area (Å²) in [5.41, 5.74) is 0. The summed E-state index contributed by atoms with van der Waals surface area (Å²) in [5.74, 6) is 1.60. The number of imidazole rings is 1. The molecule has 0 aromatic carbocycles. The molecule has 1 aromatic rings. The lowest BCUT2D eigenvalue weighted by atomic mass is 10.2. The molecule has 0 saturated carbocycles. The predicted molar refractivity (Wildman–Crippen MR) is 60.0 cm³/mol. The second-order valence-electron chi connectivity index (χ2n) is 3.32. The van der Waals surface area contributed by atoms with Crippen LogP contribution in [0.5, 0.6) is 0 Å². The van der Waals surface area contributed by atoms with E-state index in [1.54, 1.807) is 12.5 Å². The Balaban J connectivity index is 2.59. The van der Waals surface area contributed by atoms with E-state index in [1.165, 1.54) is 0 Å². The van der Waals surface area contributed by atoms with E-state index in [-0.39, 0.29) is 0 Å². The van der Waals surface area contributed by atoms with Gasteiger partial charge in [0, 0.05) is 48.3 Å². The number of aromatic nitrogens is 2. The minimum absolute atomic E-state index is 0.337. The minimum atomic E-state index is -0.710. The summed E-state index contributed by atoms with van der Waals surface area (Å²) in [6, 6.07) is 0.337. The number of anilines is 1. The van der Waals surface area contributed by atoms with Crippen LogP contribution in [0.3, 0.4) is 0 Å². The van der Waals surface area contributed by atoms with Gasteiger partial charge in [0.05, 0.1) is 0 Å². The van der Waals surface area contributed by atoms with E-state index in [0.29, 0.717) is 6.04 Å². The molecule has 0 spiro atoms. The fourth-order valence-electron chi connectivity index (χ4n) is 1.34. The van der Waals surface area contributed by atoms with Crippen LogP contribution in [0.25, 0.3) is 0 Å². The van der Waals surface area contributed by atoms with E-state index in [0.717, 1.165) is 18.1 Å². The van der Waals surface area contributed by atoms with Crippen LogP contribution in [-0.2, 0) is 10.8 Å². The molecule has 2 atom stereocenters. The molecule has 4 nitrogen and oxygen atoms in total. The van der Waals surface area contributed by atoms with Gasteiger partial charge in [0.25, 0.3) is 0 Å². The lowest BCUT2D eigenvalue weighted by Gasteiger charge is -2.15. The van der Waals surface area contributed by atoms with Crippen LogP contribution in [0.2, 0.25) is 0 Å². The standard InChI is InChI=1S/C9H17N3OS/c1-8(4-7-14(3)13)12-6-5-11-9(12)10-2/h5-6,8H,4,7H2,1-3H3,(H,10,11). The fraction of sp³-hybridized carbons (Fsp3) is 0.667. The zero-order valence-corrected chi connectivity index (χ0v) is 9.67. The second kappa shape index (κ2) is 5.14. The van der Waals surface area contributed by atoms with Crippen molar-refractivity contribution in [3.05, 3.63) is 12.4 Å². The third kappa shape index (κ3) is 2.83. The monoisotopic (exact) mass is 215 g/mol. The highest BCUT2D eigenvalue weighted by molar-refractivity contribution is 7.84. The van der Waals surface area contributed by atoms with Crippen molar-refractivity contribution in [2.75, 3.05) is 24.4 Å². The van der Waals surface area contributed by atoms with E-state index in [1.807, 2.05) is 13.2 Å². The molecule has 0 fully saturated rings. The van der Waals surface area contributed by atoms with Crippen molar-refractivity contribution in [2.24, 2.45) is 0 Å². The Labute approximate surface area is 87.2 Å². The van der Waals surface area contributed by atoms with Crippen LogP contribution >= 0.6 is 0 Å². The molecule has 80 valence electrons. The van der Waals surface area contributed by atoms with E-state index >= 15 is 0 Å². The maximum absolute atomic E-state index is 10.9. The number of rotatable bonds is 5. The first kappa shape index (κ1) is 11.2. The summed E-state index contributed by atoms with van der Waals surface area (Å²) in [6.45, 7) is 2.11. The van der Waals surface area contributed by atoms with Gasteiger partial charge < -0.3 is 9.88 Å². The molecule has 1 rings (SSSR count). The Morgan fingerprint density at radius 2 is 2.43 bits per heavy atom. The van der Waals surface area contributed by atoms with Gasteiger partial charge in [0.15, 0.2) is 0 Å². The minimum Gasteiger partial charge on any atom is -0.359 e. The van der Waals surface area contributed by atoms with Crippen molar-refractivity contribution in [3.8, 4) is 0 Å². The van der Waals surface area contributed by atoms with E-state index in [4.69, 9.17) is 0 Å². The summed E-state index contributed by atoms with van der Waals surface area (Å²) in [5, 5.41) is 3.02. The maximum Gasteiger partial charge on any atom is 0.202 e. The molecule has 1 N–H and O–H groups in total. The summed E-state index contributed by atoms with van der Waals surface area (Å²) in [7, 11) is 1.14. The molecular formula is C9H17N3OS. The first-order valence-corrected chi connectivity index (χ1v) is 6.38. The van der Waals surface area contributed by atoms with Crippen LogP contribution in [-0.4, -0.2) is 32.8 Å². The van der Waals surface area contributed by atoms with Crippen molar-refractivity contribution in [1.29, 1.82) is 0 Å². The number of nitrogens with zero attached hydrogens (tertiary/aromatic N) is 2. The summed E-state index contributed by atoms with van der Waals surface area (Å²) >= 11 is 0. The Hall–Kier alpha value is -0.840. The zero-order chi connectivity index (χ0) is 10.6. The molecule has 2 unspecified atom stereocenters. The average molecular weight is 215 g/mol. The first-order valence-electron chi connectivity index (χ1n) is 4.65. The zero-order valence-electron chi connectivity index (χ0n) is 8.86. The van der Waals surface area contributed by atoms with Crippen LogP contribution in [0.15, 0.2) is 12.4 Å². The predicted octanol–water partition coefficient (Wildman–Crippen LogP) is 1.25. The highest BCUT2D eigenvalue weighted by atomic mass is 32.2. The van der Waals surface area contributed by atoms with Crippen molar-refractivity contribution < 1.29 is 4.21 Å². The van der Waals surface area contributed by atoms with Crippen molar-refractivity contribution in [3.63, 3.8) is 0 Å². The van der Waals surface area contributed by atoms with Crippen molar-refractivity contribution in [2.45, 2.75) is 19.4 Å². The second-order valence-corrected chi connectivity index (χ2v) is 4.88. The molecule has 0 aliphatic carbocycles. The van der Waals surface area contributed by atoms with Crippen LogP contribution in [0.4, 0.5) is 5.95 Å². The largest absolute Gasteiger partial charge is 0.359 e. The molecule has 5 heteroatoms. The van der Waals surface area contributed by atoms with Gasteiger partial charge in [0.2, 0.25) is 5.95 Å². The first-order chi connectivity index (χ1) is 6.65. The topological polar surface area (TPSA) is 46.9 Å². The third-order valence-corrected chi connectivity index (χ3v) is 3.00. The lowest BCUT2D eigenvalue weighted by molar-refractivity contribution is 0.537. The summed E-state index contributed by atoms with van der Waals surface area (Å²) in [6.07, 6.45) is 6.36. The molecule has 1 heterocycles. The normalized spacial score (nSPS) is 15.1.